The summed E-state index contributed by atoms with van der Waals surface area (Å²) in [5, 5.41) is 3.44. The van der Waals surface area contributed by atoms with Crippen LogP contribution in [0.5, 0.6) is 23.0 Å². The lowest BCUT2D eigenvalue weighted by Gasteiger charge is -2.11. The van der Waals surface area contributed by atoms with Crippen LogP contribution < -0.4 is 24.3 Å². The molecule has 0 unspecified atom stereocenters. The van der Waals surface area contributed by atoms with E-state index in [0.717, 1.165) is 48.1 Å². The summed E-state index contributed by atoms with van der Waals surface area (Å²) in [6.45, 7) is 1.64. The number of benzene rings is 2. The molecule has 0 aliphatic heterocycles. The molecule has 2 aromatic rings. The van der Waals surface area contributed by atoms with E-state index >= 15 is 0 Å². The molecule has 0 radical (unpaired) electrons. The van der Waals surface area contributed by atoms with Crippen LogP contribution in [0.2, 0.25) is 0 Å². The number of rotatable bonds is 9. The van der Waals surface area contributed by atoms with Crippen molar-refractivity contribution in [2.45, 2.75) is 13.0 Å². The highest BCUT2D eigenvalue weighted by Gasteiger charge is 2.06. The van der Waals surface area contributed by atoms with E-state index in [1.54, 1.807) is 28.4 Å². The Balaban J connectivity index is 0.00000312. The zero-order valence-corrected chi connectivity index (χ0v) is 16.8. The van der Waals surface area contributed by atoms with Crippen LogP contribution in [0.3, 0.4) is 0 Å². The minimum atomic E-state index is 0. The maximum Gasteiger partial charge on any atom is 0.161 e. The second-order valence-electron chi connectivity index (χ2n) is 5.31. The molecule has 2 aromatic carbocycles. The lowest BCUT2D eigenvalue weighted by atomic mass is 10.1. The molecular weight excluding hydrogens is 386 g/mol. The molecule has 0 atom stereocenters. The Hall–Kier alpha value is -1.92. The lowest BCUT2D eigenvalue weighted by Crippen LogP contribution is -2.16. The number of ether oxygens (including phenoxy) is 4. The highest BCUT2D eigenvalue weighted by atomic mass is 79.9. The number of nitrogens with one attached hydrogen (secondary N) is 1. The van der Waals surface area contributed by atoms with Crippen molar-refractivity contribution < 1.29 is 18.9 Å². The van der Waals surface area contributed by atoms with Gasteiger partial charge in [-0.05, 0) is 48.4 Å². The fraction of sp³-hybridized carbons (Fsp3) is 0.368. The van der Waals surface area contributed by atoms with Crippen LogP contribution in [0.25, 0.3) is 0 Å². The van der Waals surface area contributed by atoms with E-state index in [0.29, 0.717) is 0 Å². The van der Waals surface area contributed by atoms with Crippen LogP contribution in [0.4, 0.5) is 0 Å². The Kier molecular flexibility index (Phi) is 9.16. The Labute approximate surface area is 160 Å². The van der Waals surface area contributed by atoms with E-state index in [-0.39, 0.29) is 17.0 Å². The molecule has 2 rings (SSSR count). The first kappa shape index (κ1) is 21.1. The molecule has 0 amide bonds. The average Bonchev–Trinajstić information content (AvgIpc) is 2.64. The van der Waals surface area contributed by atoms with Crippen LogP contribution in [0.15, 0.2) is 36.4 Å². The molecule has 138 valence electrons. The van der Waals surface area contributed by atoms with Gasteiger partial charge in [0.15, 0.2) is 23.0 Å². The maximum absolute atomic E-state index is 5.33. The van der Waals surface area contributed by atoms with Gasteiger partial charge in [0.2, 0.25) is 0 Å². The summed E-state index contributed by atoms with van der Waals surface area (Å²) in [4.78, 5) is 0. The number of hydrogen-bond acceptors (Lipinski definition) is 5. The molecule has 6 heteroatoms. The molecule has 0 heterocycles. The first-order valence-corrected chi connectivity index (χ1v) is 7.84. The highest BCUT2D eigenvalue weighted by molar-refractivity contribution is 8.93. The summed E-state index contributed by atoms with van der Waals surface area (Å²) in [6.07, 6.45) is 0.910. The van der Waals surface area contributed by atoms with Crippen molar-refractivity contribution in [3.63, 3.8) is 0 Å². The molecule has 0 saturated heterocycles. The van der Waals surface area contributed by atoms with E-state index < -0.39 is 0 Å². The SMILES string of the molecule is Br.COc1ccc(CCNCc2ccc(OC)c(OC)c2)cc1OC. The van der Waals surface area contributed by atoms with Crippen LogP contribution >= 0.6 is 17.0 Å². The van der Waals surface area contributed by atoms with Gasteiger partial charge in [0.25, 0.3) is 0 Å². The number of halogens is 1. The zero-order valence-electron chi connectivity index (χ0n) is 15.1. The molecule has 25 heavy (non-hydrogen) atoms. The van der Waals surface area contributed by atoms with Crippen LogP contribution in [0, 0.1) is 0 Å². The van der Waals surface area contributed by atoms with E-state index in [9.17, 15) is 0 Å². The fourth-order valence-electron chi connectivity index (χ4n) is 2.49. The molecule has 0 aliphatic carbocycles. The van der Waals surface area contributed by atoms with Gasteiger partial charge in [-0.25, -0.2) is 0 Å². The van der Waals surface area contributed by atoms with Gasteiger partial charge in [-0.3, -0.25) is 0 Å². The largest absolute Gasteiger partial charge is 0.493 e. The molecule has 0 spiro atoms. The Morgan fingerprint density at radius 2 is 1.16 bits per heavy atom. The van der Waals surface area contributed by atoms with Crippen molar-refractivity contribution in [1.29, 1.82) is 0 Å². The quantitative estimate of drug-likeness (QED) is 0.638. The predicted molar refractivity (Wildman–Crippen MR) is 105 cm³/mol. The van der Waals surface area contributed by atoms with Crippen LogP contribution in [0.1, 0.15) is 11.1 Å². The maximum atomic E-state index is 5.33. The van der Waals surface area contributed by atoms with Gasteiger partial charge in [0.05, 0.1) is 28.4 Å². The second kappa shape index (κ2) is 10.8. The fourth-order valence-corrected chi connectivity index (χ4v) is 2.49. The Morgan fingerprint density at radius 3 is 1.68 bits per heavy atom. The Bertz CT molecular complexity index is 606. The normalized spacial score (nSPS) is 9.92. The van der Waals surface area contributed by atoms with Crippen molar-refractivity contribution in [1.82, 2.24) is 5.32 Å². The van der Waals surface area contributed by atoms with Crippen molar-refractivity contribution in [3.8, 4) is 23.0 Å². The second-order valence-corrected chi connectivity index (χ2v) is 5.31. The highest BCUT2D eigenvalue weighted by Crippen LogP contribution is 2.28. The van der Waals surface area contributed by atoms with Crippen molar-refractivity contribution in [3.05, 3.63) is 47.5 Å². The zero-order chi connectivity index (χ0) is 17.4. The molecular formula is C19H26BrNO4. The summed E-state index contributed by atoms with van der Waals surface area (Å²) in [7, 11) is 6.57. The molecule has 0 bridgehead atoms. The molecule has 0 fully saturated rings. The standard InChI is InChI=1S/C19H25NO4.BrH/c1-21-16-7-5-14(11-18(16)23-3)9-10-20-13-15-6-8-17(22-2)19(12-15)24-4;/h5-8,11-12,20H,9-10,13H2,1-4H3;1H. The summed E-state index contributed by atoms with van der Waals surface area (Å²) < 4.78 is 21.2. The van der Waals surface area contributed by atoms with Crippen molar-refractivity contribution >= 4 is 17.0 Å². The first-order valence-electron chi connectivity index (χ1n) is 7.84. The number of methoxy groups -OCH3 is 4. The Morgan fingerprint density at radius 1 is 0.680 bits per heavy atom. The van der Waals surface area contributed by atoms with Crippen LogP contribution in [-0.4, -0.2) is 35.0 Å². The number of hydrogen-bond donors (Lipinski definition) is 1. The van der Waals surface area contributed by atoms with Gasteiger partial charge in [-0.1, -0.05) is 12.1 Å². The lowest BCUT2D eigenvalue weighted by molar-refractivity contribution is 0.354. The van der Waals surface area contributed by atoms with Gasteiger partial charge in [0, 0.05) is 6.54 Å². The topological polar surface area (TPSA) is 49.0 Å². The minimum absolute atomic E-state index is 0. The van der Waals surface area contributed by atoms with E-state index in [1.165, 1.54) is 5.56 Å². The van der Waals surface area contributed by atoms with E-state index in [1.807, 2.05) is 30.3 Å². The minimum Gasteiger partial charge on any atom is -0.493 e. The third-order valence-corrected chi connectivity index (χ3v) is 3.82. The van der Waals surface area contributed by atoms with Gasteiger partial charge in [-0.2, -0.15) is 0 Å². The van der Waals surface area contributed by atoms with Gasteiger partial charge in [-0.15, -0.1) is 17.0 Å². The van der Waals surface area contributed by atoms with Gasteiger partial charge >= 0.3 is 0 Å². The molecule has 0 aliphatic rings. The smallest absolute Gasteiger partial charge is 0.161 e. The third-order valence-electron chi connectivity index (χ3n) is 3.82. The van der Waals surface area contributed by atoms with Crippen molar-refractivity contribution in [2.75, 3.05) is 35.0 Å². The monoisotopic (exact) mass is 411 g/mol. The predicted octanol–water partition coefficient (Wildman–Crippen LogP) is 3.63. The van der Waals surface area contributed by atoms with E-state index in [4.69, 9.17) is 18.9 Å². The van der Waals surface area contributed by atoms with Crippen LogP contribution in [-0.2, 0) is 13.0 Å². The van der Waals surface area contributed by atoms with Gasteiger partial charge < -0.3 is 24.3 Å². The summed E-state index contributed by atoms with van der Waals surface area (Å²) in [6, 6.07) is 11.9. The molecule has 1 N–H and O–H groups in total. The summed E-state index contributed by atoms with van der Waals surface area (Å²) in [5.74, 6) is 3.00. The van der Waals surface area contributed by atoms with Crippen molar-refractivity contribution in [2.24, 2.45) is 0 Å². The molecule has 0 saturated carbocycles. The molecule has 5 nitrogen and oxygen atoms in total. The first-order chi connectivity index (χ1) is 11.7. The third kappa shape index (κ3) is 5.83. The summed E-state index contributed by atoms with van der Waals surface area (Å²) >= 11 is 0. The molecule has 0 aromatic heterocycles. The van der Waals surface area contributed by atoms with E-state index in [2.05, 4.69) is 11.4 Å². The van der Waals surface area contributed by atoms with Gasteiger partial charge in [0.1, 0.15) is 0 Å². The summed E-state index contributed by atoms with van der Waals surface area (Å²) in [5.41, 5.74) is 2.35. The average molecular weight is 412 g/mol.